The Hall–Kier alpha value is -1.35. The molecule has 0 saturated heterocycles. The minimum absolute atomic E-state index is 0.0905. The number of hydrogen-bond acceptors (Lipinski definition) is 2. The molecule has 1 aromatic rings. The van der Waals surface area contributed by atoms with Gasteiger partial charge in [0.2, 0.25) is 5.91 Å². The van der Waals surface area contributed by atoms with Crippen molar-refractivity contribution >= 4 is 5.91 Å². The van der Waals surface area contributed by atoms with E-state index in [4.69, 9.17) is 0 Å². The van der Waals surface area contributed by atoms with Crippen molar-refractivity contribution in [3.63, 3.8) is 0 Å². The van der Waals surface area contributed by atoms with E-state index in [9.17, 15) is 4.79 Å². The van der Waals surface area contributed by atoms with Crippen LogP contribution in [-0.2, 0) is 11.3 Å². The second kappa shape index (κ2) is 7.08. The summed E-state index contributed by atoms with van der Waals surface area (Å²) in [5, 5.41) is 3.48. The first kappa shape index (κ1) is 16.0. The molecule has 116 valence electrons. The van der Waals surface area contributed by atoms with Gasteiger partial charge in [-0.2, -0.15) is 0 Å². The lowest BCUT2D eigenvalue weighted by molar-refractivity contribution is -0.131. The summed E-state index contributed by atoms with van der Waals surface area (Å²) in [6.07, 6.45) is 3.49. The molecule has 1 N–H and O–H groups in total. The topological polar surface area (TPSA) is 32.3 Å². The predicted molar refractivity (Wildman–Crippen MR) is 87.2 cm³/mol. The molecule has 21 heavy (non-hydrogen) atoms. The average molecular weight is 288 g/mol. The molecule has 3 nitrogen and oxygen atoms in total. The van der Waals surface area contributed by atoms with Crippen LogP contribution in [0, 0.1) is 5.92 Å². The summed E-state index contributed by atoms with van der Waals surface area (Å²) in [4.78, 5) is 14.0. The first-order chi connectivity index (χ1) is 9.99. The molecule has 2 rings (SSSR count). The van der Waals surface area contributed by atoms with Crippen molar-refractivity contribution in [2.45, 2.75) is 51.6 Å². The Morgan fingerprint density at radius 1 is 1.29 bits per heavy atom. The van der Waals surface area contributed by atoms with E-state index >= 15 is 0 Å². The van der Waals surface area contributed by atoms with Gasteiger partial charge in [0.1, 0.15) is 0 Å². The maximum absolute atomic E-state index is 12.3. The third-order valence-corrected chi connectivity index (χ3v) is 4.06. The SMILES string of the molecule is CC(C)CC(NCc1ccccc1C1CC1)C(=O)N(C)C. The summed E-state index contributed by atoms with van der Waals surface area (Å²) in [6, 6.07) is 8.54. The fourth-order valence-corrected chi connectivity index (χ4v) is 2.78. The van der Waals surface area contributed by atoms with E-state index in [2.05, 4.69) is 43.4 Å². The zero-order valence-electron chi connectivity index (χ0n) is 13.7. The highest BCUT2D eigenvalue weighted by Crippen LogP contribution is 2.41. The lowest BCUT2D eigenvalue weighted by Crippen LogP contribution is -2.44. The Bertz CT molecular complexity index is 478. The van der Waals surface area contributed by atoms with Gasteiger partial charge in [0.05, 0.1) is 6.04 Å². The summed E-state index contributed by atoms with van der Waals surface area (Å²) in [7, 11) is 3.66. The molecule has 1 aliphatic rings. The summed E-state index contributed by atoms with van der Waals surface area (Å²) in [6.45, 7) is 5.11. The monoisotopic (exact) mass is 288 g/mol. The first-order valence-corrected chi connectivity index (χ1v) is 8.01. The van der Waals surface area contributed by atoms with Crippen LogP contribution in [0.3, 0.4) is 0 Å². The van der Waals surface area contributed by atoms with Gasteiger partial charge in [0, 0.05) is 20.6 Å². The van der Waals surface area contributed by atoms with Gasteiger partial charge in [-0.15, -0.1) is 0 Å². The number of nitrogens with zero attached hydrogens (tertiary/aromatic N) is 1. The second-order valence-corrected chi connectivity index (χ2v) is 6.77. The molecule has 0 heterocycles. The quantitative estimate of drug-likeness (QED) is 0.836. The number of benzene rings is 1. The first-order valence-electron chi connectivity index (χ1n) is 8.01. The van der Waals surface area contributed by atoms with Crippen LogP contribution in [0.15, 0.2) is 24.3 Å². The molecule has 0 bridgehead atoms. The summed E-state index contributed by atoms with van der Waals surface area (Å²) in [5.41, 5.74) is 2.81. The Morgan fingerprint density at radius 2 is 1.95 bits per heavy atom. The van der Waals surface area contributed by atoms with Gasteiger partial charge in [-0.05, 0) is 42.2 Å². The molecular weight excluding hydrogens is 260 g/mol. The molecule has 1 aromatic carbocycles. The van der Waals surface area contributed by atoms with Crippen molar-refractivity contribution < 1.29 is 4.79 Å². The number of amides is 1. The Balaban J connectivity index is 2.02. The van der Waals surface area contributed by atoms with Crippen molar-refractivity contribution in [3.8, 4) is 0 Å². The minimum Gasteiger partial charge on any atom is -0.347 e. The van der Waals surface area contributed by atoms with E-state index in [1.54, 1.807) is 4.90 Å². The molecule has 1 atom stereocenters. The van der Waals surface area contributed by atoms with E-state index in [1.807, 2.05) is 14.1 Å². The van der Waals surface area contributed by atoms with Gasteiger partial charge < -0.3 is 10.2 Å². The third kappa shape index (κ3) is 4.57. The summed E-state index contributed by atoms with van der Waals surface area (Å²) >= 11 is 0. The van der Waals surface area contributed by atoms with Crippen LogP contribution in [0.2, 0.25) is 0 Å². The van der Waals surface area contributed by atoms with Crippen LogP contribution in [0.4, 0.5) is 0 Å². The predicted octanol–water partition coefficient (Wildman–Crippen LogP) is 3.16. The Morgan fingerprint density at radius 3 is 2.52 bits per heavy atom. The van der Waals surface area contributed by atoms with E-state index < -0.39 is 0 Å². The molecule has 1 unspecified atom stereocenters. The number of hydrogen-bond donors (Lipinski definition) is 1. The van der Waals surface area contributed by atoms with Gasteiger partial charge in [0.15, 0.2) is 0 Å². The van der Waals surface area contributed by atoms with Crippen molar-refractivity contribution in [1.29, 1.82) is 0 Å². The normalized spacial score (nSPS) is 16.0. The largest absolute Gasteiger partial charge is 0.347 e. The van der Waals surface area contributed by atoms with Crippen LogP contribution in [0.5, 0.6) is 0 Å². The highest BCUT2D eigenvalue weighted by atomic mass is 16.2. The van der Waals surface area contributed by atoms with E-state index in [0.717, 1.165) is 18.9 Å². The van der Waals surface area contributed by atoms with Crippen LogP contribution in [0.1, 0.15) is 50.2 Å². The van der Waals surface area contributed by atoms with Crippen molar-refractivity contribution in [3.05, 3.63) is 35.4 Å². The molecule has 0 aliphatic heterocycles. The zero-order valence-corrected chi connectivity index (χ0v) is 13.7. The fourth-order valence-electron chi connectivity index (χ4n) is 2.78. The molecule has 0 aromatic heterocycles. The van der Waals surface area contributed by atoms with Crippen LogP contribution in [-0.4, -0.2) is 30.9 Å². The fraction of sp³-hybridized carbons (Fsp3) is 0.611. The molecule has 3 heteroatoms. The standard InChI is InChI=1S/C18H28N2O/c1-13(2)11-17(18(21)20(3)4)19-12-15-7-5-6-8-16(15)14-9-10-14/h5-8,13-14,17,19H,9-12H2,1-4H3. The molecule has 1 aliphatic carbocycles. The highest BCUT2D eigenvalue weighted by Gasteiger charge is 2.26. The molecule has 0 radical (unpaired) electrons. The summed E-state index contributed by atoms with van der Waals surface area (Å²) < 4.78 is 0. The number of rotatable bonds is 7. The lowest BCUT2D eigenvalue weighted by Gasteiger charge is -2.24. The maximum Gasteiger partial charge on any atom is 0.239 e. The molecule has 1 fully saturated rings. The molecular formula is C18H28N2O. The van der Waals surface area contributed by atoms with Crippen LogP contribution >= 0.6 is 0 Å². The van der Waals surface area contributed by atoms with Gasteiger partial charge in [-0.25, -0.2) is 0 Å². The van der Waals surface area contributed by atoms with E-state index in [-0.39, 0.29) is 11.9 Å². The van der Waals surface area contributed by atoms with Crippen molar-refractivity contribution in [2.24, 2.45) is 5.92 Å². The molecule has 1 amide bonds. The molecule has 1 saturated carbocycles. The smallest absolute Gasteiger partial charge is 0.239 e. The Labute approximate surface area is 128 Å². The van der Waals surface area contributed by atoms with Crippen molar-refractivity contribution in [1.82, 2.24) is 10.2 Å². The maximum atomic E-state index is 12.3. The van der Waals surface area contributed by atoms with Gasteiger partial charge in [-0.3, -0.25) is 4.79 Å². The Kier molecular flexibility index (Phi) is 5.40. The van der Waals surface area contributed by atoms with Crippen molar-refractivity contribution in [2.75, 3.05) is 14.1 Å². The second-order valence-electron chi connectivity index (χ2n) is 6.77. The number of likely N-dealkylation sites (N-methyl/N-ethyl adjacent to an activating group) is 1. The average Bonchev–Trinajstić information content (AvgIpc) is 3.27. The van der Waals surface area contributed by atoms with E-state index in [0.29, 0.717) is 5.92 Å². The number of carbonyl (C=O) groups is 1. The highest BCUT2D eigenvalue weighted by molar-refractivity contribution is 5.81. The minimum atomic E-state index is -0.0905. The van der Waals surface area contributed by atoms with Gasteiger partial charge >= 0.3 is 0 Å². The van der Waals surface area contributed by atoms with E-state index in [1.165, 1.54) is 24.0 Å². The zero-order chi connectivity index (χ0) is 15.4. The summed E-state index contributed by atoms with van der Waals surface area (Å²) in [5.74, 6) is 1.42. The van der Waals surface area contributed by atoms with Crippen LogP contribution < -0.4 is 5.32 Å². The van der Waals surface area contributed by atoms with Crippen LogP contribution in [0.25, 0.3) is 0 Å². The number of nitrogens with one attached hydrogen (secondary N) is 1. The third-order valence-electron chi connectivity index (χ3n) is 4.06. The van der Waals surface area contributed by atoms with Gasteiger partial charge in [-0.1, -0.05) is 38.1 Å². The lowest BCUT2D eigenvalue weighted by atomic mass is 10.0. The number of carbonyl (C=O) groups excluding carboxylic acids is 1. The molecule has 0 spiro atoms. The van der Waals surface area contributed by atoms with Gasteiger partial charge in [0.25, 0.3) is 0 Å².